The molecule has 0 unspecified atom stereocenters. The Balaban J connectivity index is 1.93. The molecule has 0 aliphatic carbocycles. The first kappa shape index (κ1) is 11.5. The van der Waals surface area contributed by atoms with Crippen molar-refractivity contribution < 1.29 is 0 Å². The smallest absolute Gasteiger partial charge is 0.0649 e. The molecule has 1 saturated heterocycles. The molecule has 18 heavy (non-hydrogen) atoms. The van der Waals surface area contributed by atoms with Crippen LogP contribution in [-0.2, 0) is 0 Å². The van der Waals surface area contributed by atoms with Crippen molar-refractivity contribution >= 4 is 0 Å². The minimum absolute atomic E-state index is 0.634. The van der Waals surface area contributed by atoms with Crippen molar-refractivity contribution in [2.45, 2.75) is 25.7 Å². The van der Waals surface area contributed by atoms with E-state index < -0.39 is 0 Å². The van der Waals surface area contributed by atoms with Crippen LogP contribution in [0.2, 0.25) is 0 Å². The molecule has 1 aliphatic rings. The molecule has 1 aliphatic heterocycles. The molecule has 0 atom stereocenters. The van der Waals surface area contributed by atoms with Crippen LogP contribution in [0.5, 0.6) is 0 Å². The SMILES string of the molecule is Cc1ccc(-n2nccc2C2CCNCC2)cc1. The second kappa shape index (κ2) is 4.94. The molecule has 0 bridgehead atoms. The van der Waals surface area contributed by atoms with E-state index in [4.69, 9.17) is 0 Å². The maximum Gasteiger partial charge on any atom is 0.0649 e. The number of piperidine rings is 1. The number of nitrogens with one attached hydrogen (secondary N) is 1. The normalized spacial score (nSPS) is 16.9. The van der Waals surface area contributed by atoms with Gasteiger partial charge in [0.05, 0.1) is 5.69 Å². The summed E-state index contributed by atoms with van der Waals surface area (Å²) in [5, 5.41) is 7.90. The van der Waals surface area contributed by atoms with Gasteiger partial charge in [-0.2, -0.15) is 5.10 Å². The zero-order chi connectivity index (χ0) is 12.4. The lowest BCUT2D eigenvalue weighted by Gasteiger charge is -2.23. The van der Waals surface area contributed by atoms with Gasteiger partial charge in [-0.1, -0.05) is 17.7 Å². The highest BCUT2D eigenvalue weighted by Gasteiger charge is 2.19. The predicted molar refractivity (Wildman–Crippen MR) is 73.1 cm³/mol. The molecule has 3 heteroatoms. The van der Waals surface area contributed by atoms with E-state index in [0.717, 1.165) is 13.1 Å². The third-order valence-electron chi connectivity index (χ3n) is 3.71. The summed E-state index contributed by atoms with van der Waals surface area (Å²) in [6.07, 6.45) is 4.33. The van der Waals surface area contributed by atoms with Crippen LogP contribution in [0.4, 0.5) is 0 Å². The summed E-state index contributed by atoms with van der Waals surface area (Å²) in [6, 6.07) is 10.7. The van der Waals surface area contributed by atoms with Gasteiger partial charge in [0.2, 0.25) is 0 Å². The first-order chi connectivity index (χ1) is 8.84. The summed E-state index contributed by atoms with van der Waals surface area (Å²) in [5.74, 6) is 0.634. The van der Waals surface area contributed by atoms with Crippen molar-refractivity contribution in [1.29, 1.82) is 0 Å². The van der Waals surface area contributed by atoms with E-state index in [-0.39, 0.29) is 0 Å². The lowest BCUT2D eigenvalue weighted by atomic mass is 9.94. The molecular formula is C15H19N3. The number of benzene rings is 1. The van der Waals surface area contributed by atoms with Crippen LogP contribution in [0.1, 0.15) is 30.0 Å². The molecule has 0 amide bonds. The van der Waals surface area contributed by atoms with Crippen LogP contribution in [0.3, 0.4) is 0 Å². The van der Waals surface area contributed by atoms with E-state index in [1.807, 2.05) is 6.20 Å². The summed E-state index contributed by atoms with van der Waals surface area (Å²) in [7, 11) is 0. The zero-order valence-electron chi connectivity index (χ0n) is 10.8. The molecule has 94 valence electrons. The summed E-state index contributed by atoms with van der Waals surface area (Å²) in [4.78, 5) is 0. The third kappa shape index (κ3) is 2.18. The largest absolute Gasteiger partial charge is 0.317 e. The van der Waals surface area contributed by atoms with Gasteiger partial charge in [-0.25, -0.2) is 4.68 Å². The lowest BCUT2D eigenvalue weighted by Crippen LogP contribution is -2.27. The van der Waals surface area contributed by atoms with Gasteiger partial charge in [0.15, 0.2) is 0 Å². The fourth-order valence-electron chi connectivity index (χ4n) is 2.64. The van der Waals surface area contributed by atoms with E-state index in [2.05, 4.69) is 52.4 Å². The first-order valence-corrected chi connectivity index (χ1v) is 6.66. The highest BCUT2D eigenvalue weighted by atomic mass is 15.3. The van der Waals surface area contributed by atoms with Crippen molar-refractivity contribution in [3.63, 3.8) is 0 Å². The van der Waals surface area contributed by atoms with Gasteiger partial charge in [-0.15, -0.1) is 0 Å². The quantitative estimate of drug-likeness (QED) is 0.876. The number of hydrogen-bond donors (Lipinski definition) is 1. The molecule has 3 nitrogen and oxygen atoms in total. The highest BCUT2D eigenvalue weighted by molar-refractivity contribution is 5.35. The van der Waals surface area contributed by atoms with Crippen molar-refractivity contribution in [2.24, 2.45) is 0 Å². The Kier molecular flexibility index (Phi) is 3.15. The van der Waals surface area contributed by atoms with Crippen LogP contribution >= 0.6 is 0 Å². The molecule has 1 aromatic heterocycles. The standard InChI is InChI=1S/C15H19N3/c1-12-2-4-14(5-3-12)18-15(8-11-17-18)13-6-9-16-10-7-13/h2-5,8,11,13,16H,6-7,9-10H2,1H3. The molecule has 2 aromatic rings. The van der Waals surface area contributed by atoms with Gasteiger partial charge < -0.3 is 5.32 Å². The molecule has 1 N–H and O–H groups in total. The summed E-state index contributed by atoms with van der Waals surface area (Å²) >= 11 is 0. The number of hydrogen-bond acceptors (Lipinski definition) is 2. The molecule has 1 fully saturated rings. The number of aromatic nitrogens is 2. The van der Waals surface area contributed by atoms with Crippen molar-refractivity contribution in [1.82, 2.24) is 15.1 Å². The van der Waals surface area contributed by atoms with E-state index >= 15 is 0 Å². The van der Waals surface area contributed by atoms with Crippen LogP contribution < -0.4 is 5.32 Å². The Hall–Kier alpha value is -1.61. The molecular weight excluding hydrogens is 222 g/mol. The van der Waals surface area contributed by atoms with Gasteiger partial charge in [-0.3, -0.25) is 0 Å². The van der Waals surface area contributed by atoms with Crippen molar-refractivity contribution in [3.8, 4) is 5.69 Å². The van der Waals surface area contributed by atoms with E-state index in [0.29, 0.717) is 5.92 Å². The number of rotatable bonds is 2. The predicted octanol–water partition coefficient (Wildman–Crippen LogP) is 2.65. The molecule has 1 aromatic carbocycles. The average Bonchev–Trinajstić information content (AvgIpc) is 2.90. The van der Waals surface area contributed by atoms with Crippen molar-refractivity contribution in [2.75, 3.05) is 13.1 Å². The fourth-order valence-corrected chi connectivity index (χ4v) is 2.64. The van der Waals surface area contributed by atoms with Gasteiger partial charge in [0.25, 0.3) is 0 Å². The van der Waals surface area contributed by atoms with Crippen LogP contribution in [0, 0.1) is 6.92 Å². The Morgan fingerprint density at radius 2 is 1.83 bits per heavy atom. The molecule has 0 radical (unpaired) electrons. The monoisotopic (exact) mass is 241 g/mol. The molecule has 0 spiro atoms. The van der Waals surface area contributed by atoms with E-state index in [1.54, 1.807) is 0 Å². The van der Waals surface area contributed by atoms with Crippen LogP contribution in [0.25, 0.3) is 5.69 Å². The Bertz CT molecular complexity index is 507. The summed E-state index contributed by atoms with van der Waals surface area (Å²) in [5.41, 5.74) is 3.80. The van der Waals surface area contributed by atoms with Gasteiger partial charge in [0.1, 0.15) is 0 Å². The molecule has 2 heterocycles. The zero-order valence-corrected chi connectivity index (χ0v) is 10.8. The minimum Gasteiger partial charge on any atom is -0.317 e. The topological polar surface area (TPSA) is 29.9 Å². The van der Waals surface area contributed by atoms with Crippen LogP contribution in [0.15, 0.2) is 36.5 Å². The summed E-state index contributed by atoms with van der Waals surface area (Å²) in [6.45, 7) is 4.34. The Morgan fingerprint density at radius 1 is 1.11 bits per heavy atom. The highest BCUT2D eigenvalue weighted by Crippen LogP contribution is 2.26. The van der Waals surface area contributed by atoms with Crippen LogP contribution in [-0.4, -0.2) is 22.9 Å². The Labute approximate surface area is 108 Å². The Morgan fingerprint density at radius 3 is 2.56 bits per heavy atom. The first-order valence-electron chi connectivity index (χ1n) is 6.66. The lowest BCUT2D eigenvalue weighted by molar-refractivity contribution is 0.446. The minimum atomic E-state index is 0.634. The van der Waals surface area contributed by atoms with Crippen molar-refractivity contribution in [3.05, 3.63) is 47.8 Å². The average molecular weight is 241 g/mol. The molecule has 3 rings (SSSR count). The fraction of sp³-hybridized carbons (Fsp3) is 0.400. The van der Waals surface area contributed by atoms with Gasteiger partial charge in [0, 0.05) is 17.8 Å². The number of aryl methyl sites for hydroxylation is 1. The number of nitrogens with zero attached hydrogens (tertiary/aromatic N) is 2. The third-order valence-corrected chi connectivity index (χ3v) is 3.71. The second-order valence-corrected chi connectivity index (χ2v) is 5.03. The second-order valence-electron chi connectivity index (χ2n) is 5.03. The van der Waals surface area contributed by atoms with E-state index in [9.17, 15) is 0 Å². The maximum absolute atomic E-state index is 4.49. The van der Waals surface area contributed by atoms with Gasteiger partial charge >= 0.3 is 0 Å². The van der Waals surface area contributed by atoms with E-state index in [1.165, 1.54) is 29.8 Å². The molecule has 0 saturated carbocycles. The van der Waals surface area contributed by atoms with Gasteiger partial charge in [-0.05, 0) is 51.1 Å². The summed E-state index contributed by atoms with van der Waals surface area (Å²) < 4.78 is 2.09. The maximum atomic E-state index is 4.49.